The molecule has 0 saturated heterocycles. The lowest BCUT2D eigenvalue weighted by molar-refractivity contribution is 0.0688. The highest BCUT2D eigenvalue weighted by atomic mass is 32.1. The van der Waals surface area contributed by atoms with Crippen molar-refractivity contribution in [2.75, 3.05) is 38.8 Å². The molecule has 25 heavy (non-hydrogen) atoms. The van der Waals surface area contributed by atoms with E-state index < -0.39 is 0 Å². The molecule has 134 valence electrons. The monoisotopic (exact) mass is 362 g/mol. The van der Waals surface area contributed by atoms with Crippen molar-refractivity contribution >= 4 is 28.8 Å². The van der Waals surface area contributed by atoms with Gasteiger partial charge in [-0.2, -0.15) is 11.3 Å². The number of nitrogens with one attached hydrogen (secondary N) is 2. The average molecular weight is 362 g/mol. The molecule has 0 spiro atoms. The van der Waals surface area contributed by atoms with Crippen LogP contribution in [-0.2, 0) is 9.47 Å². The Morgan fingerprint density at radius 3 is 2.68 bits per heavy atom. The molecule has 2 rings (SSSR count). The maximum Gasteiger partial charge on any atom is 0.256 e. The Kier molecular flexibility index (Phi) is 8.11. The summed E-state index contributed by atoms with van der Waals surface area (Å²) in [5, 5.41) is 9.23. The van der Waals surface area contributed by atoms with Crippen LogP contribution in [0.15, 0.2) is 41.1 Å². The first-order valence-electron chi connectivity index (χ1n) is 8.00. The number of carbonyl (C=O) groups excluding carboxylic acids is 2. The highest BCUT2D eigenvalue weighted by Crippen LogP contribution is 2.17. The summed E-state index contributed by atoms with van der Waals surface area (Å²) in [6.45, 7) is 2.16. The maximum atomic E-state index is 12.3. The number of anilines is 1. The fraction of sp³-hybridized carbons (Fsp3) is 0.333. The molecule has 0 radical (unpaired) electrons. The molecule has 0 fully saturated rings. The predicted molar refractivity (Wildman–Crippen MR) is 98.4 cm³/mol. The summed E-state index contributed by atoms with van der Waals surface area (Å²) in [6, 6.07) is 8.69. The minimum absolute atomic E-state index is 0.224. The van der Waals surface area contributed by atoms with Gasteiger partial charge in [-0.15, -0.1) is 0 Å². The maximum absolute atomic E-state index is 12.3. The third-order valence-electron chi connectivity index (χ3n) is 3.39. The molecule has 0 saturated carbocycles. The van der Waals surface area contributed by atoms with Gasteiger partial charge in [0.2, 0.25) is 0 Å². The van der Waals surface area contributed by atoms with Crippen molar-refractivity contribution in [1.82, 2.24) is 5.32 Å². The van der Waals surface area contributed by atoms with E-state index in [1.54, 1.807) is 42.8 Å². The fourth-order valence-electron chi connectivity index (χ4n) is 2.09. The van der Waals surface area contributed by atoms with Crippen LogP contribution in [0.3, 0.4) is 0 Å². The summed E-state index contributed by atoms with van der Waals surface area (Å²) in [5.74, 6) is -0.453. The van der Waals surface area contributed by atoms with Gasteiger partial charge in [0.05, 0.1) is 30.0 Å². The molecule has 6 nitrogen and oxygen atoms in total. The van der Waals surface area contributed by atoms with Gasteiger partial charge in [0.1, 0.15) is 0 Å². The highest BCUT2D eigenvalue weighted by molar-refractivity contribution is 7.08. The molecular formula is C18H22N2O4S. The van der Waals surface area contributed by atoms with Gasteiger partial charge >= 0.3 is 0 Å². The Morgan fingerprint density at radius 2 is 1.92 bits per heavy atom. The number of methoxy groups -OCH3 is 1. The van der Waals surface area contributed by atoms with Crippen LogP contribution in [0.5, 0.6) is 0 Å². The van der Waals surface area contributed by atoms with E-state index in [4.69, 9.17) is 9.47 Å². The smallest absolute Gasteiger partial charge is 0.256 e. The number of ether oxygens (including phenoxy) is 2. The van der Waals surface area contributed by atoms with Gasteiger partial charge in [-0.05, 0) is 30.0 Å². The SMILES string of the molecule is COCCOCCCNC(=O)c1ccccc1NC(=O)c1ccsc1. The third kappa shape index (κ3) is 6.30. The van der Waals surface area contributed by atoms with E-state index in [1.807, 2.05) is 5.38 Å². The third-order valence-corrected chi connectivity index (χ3v) is 4.07. The molecule has 0 atom stereocenters. The number of rotatable bonds is 10. The van der Waals surface area contributed by atoms with Gasteiger partial charge in [0.15, 0.2) is 0 Å². The number of carbonyl (C=O) groups is 2. The summed E-state index contributed by atoms with van der Waals surface area (Å²) >= 11 is 1.45. The standard InChI is InChI=1S/C18H22N2O4S/c1-23-10-11-24-9-4-8-19-18(22)15-5-2-3-6-16(15)20-17(21)14-7-12-25-13-14/h2-3,5-7,12-13H,4,8-11H2,1H3,(H,19,22)(H,20,21). The molecule has 0 bridgehead atoms. The minimum atomic E-state index is -0.229. The first-order valence-corrected chi connectivity index (χ1v) is 8.94. The second kappa shape index (κ2) is 10.6. The van der Waals surface area contributed by atoms with Crippen LogP contribution < -0.4 is 10.6 Å². The Hall–Kier alpha value is -2.22. The van der Waals surface area contributed by atoms with Gasteiger partial charge < -0.3 is 20.1 Å². The van der Waals surface area contributed by atoms with Gasteiger partial charge in [0, 0.05) is 25.6 Å². The van der Waals surface area contributed by atoms with Crippen molar-refractivity contribution < 1.29 is 19.1 Å². The first kappa shape index (κ1) is 19.1. The molecule has 7 heteroatoms. The predicted octanol–water partition coefficient (Wildman–Crippen LogP) is 2.78. The topological polar surface area (TPSA) is 76.7 Å². The number of benzene rings is 1. The highest BCUT2D eigenvalue weighted by Gasteiger charge is 2.13. The van der Waals surface area contributed by atoms with Crippen LogP contribution in [0.2, 0.25) is 0 Å². The lowest BCUT2D eigenvalue weighted by Crippen LogP contribution is -2.27. The second-order valence-corrected chi connectivity index (χ2v) is 6.01. The van der Waals surface area contributed by atoms with Gasteiger partial charge in [-0.1, -0.05) is 12.1 Å². The van der Waals surface area contributed by atoms with Crippen LogP contribution in [0.1, 0.15) is 27.1 Å². The van der Waals surface area contributed by atoms with E-state index in [0.717, 1.165) is 0 Å². The molecule has 0 aliphatic carbocycles. The largest absolute Gasteiger partial charge is 0.382 e. The molecule has 0 aliphatic heterocycles. The van der Waals surface area contributed by atoms with E-state index in [-0.39, 0.29) is 11.8 Å². The zero-order valence-corrected chi connectivity index (χ0v) is 14.9. The van der Waals surface area contributed by atoms with Crippen LogP contribution >= 0.6 is 11.3 Å². The van der Waals surface area contributed by atoms with E-state index in [2.05, 4.69) is 10.6 Å². The van der Waals surface area contributed by atoms with Crippen molar-refractivity contribution in [3.05, 3.63) is 52.2 Å². The van der Waals surface area contributed by atoms with Gasteiger partial charge in [0.25, 0.3) is 11.8 Å². The van der Waals surface area contributed by atoms with E-state index >= 15 is 0 Å². The Bertz CT molecular complexity index is 673. The van der Waals surface area contributed by atoms with Crippen molar-refractivity contribution in [2.24, 2.45) is 0 Å². The summed E-state index contributed by atoms with van der Waals surface area (Å²) in [4.78, 5) is 24.5. The lowest BCUT2D eigenvalue weighted by atomic mass is 10.1. The Morgan fingerprint density at radius 1 is 1.08 bits per heavy atom. The van der Waals surface area contributed by atoms with E-state index in [9.17, 15) is 9.59 Å². The van der Waals surface area contributed by atoms with Crippen LogP contribution in [0.25, 0.3) is 0 Å². The number of thiophene rings is 1. The molecule has 2 aromatic rings. The minimum Gasteiger partial charge on any atom is -0.382 e. The molecule has 2 amide bonds. The molecule has 0 unspecified atom stereocenters. The Balaban J connectivity index is 1.84. The van der Waals surface area contributed by atoms with Gasteiger partial charge in [-0.3, -0.25) is 9.59 Å². The number of para-hydroxylation sites is 1. The first-order chi connectivity index (χ1) is 12.2. The molecule has 0 aliphatic rings. The molecule has 1 aromatic carbocycles. The average Bonchev–Trinajstić information content (AvgIpc) is 3.16. The fourth-order valence-corrected chi connectivity index (χ4v) is 2.73. The Labute approximate surface area is 151 Å². The van der Waals surface area contributed by atoms with Crippen molar-refractivity contribution in [3.8, 4) is 0 Å². The van der Waals surface area contributed by atoms with Crippen molar-refractivity contribution in [2.45, 2.75) is 6.42 Å². The zero-order chi connectivity index (χ0) is 17.9. The number of amides is 2. The van der Waals surface area contributed by atoms with Crippen LogP contribution in [0.4, 0.5) is 5.69 Å². The summed E-state index contributed by atoms with van der Waals surface area (Å²) in [6.07, 6.45) is 0.707. The van der Waals surface area contributed by atoms with Crippen molar-refractivity contribution in [3.63, 3.8) is 0 Å². The summed E-state index contributed by atoms with van der Waals surface area (Å²) in [7, 11) is 1.62. The second-order valence-electron chi connectivity index (χ2n) is 5.23. The van der Waals surface area contributed by atoms with Crippen LogP contribution in [-0.4, -0.2) is 45.3 Å². The number of hydrogen-bond acceptors (Lipinski definition) is 5. The lowest BCUT2D eigenvalue weighted by Gasteiger charge is -2.11. The number of hydrogen-bond donors (Lipinski definition) is 2. The zero-order valence-electron chi connectivity index (χ0n) is 14.1. The van der Waals surface area contributed by atoms with Gasteiger partial charge in [-0.25, -0.2) is 0 Å². The van der Waals surface area contributed by atoms with E-state index in [0.29, 0.717) is 49.6 Å². The van der Waals surface area contributed by atoms with Crippen molar-refractivity contribution in [1.29, 1.82) is 0 Å². The summed E-state index contributed by atoms with van der Waals surface area (Å²) < 4.78 is 10.2. The molecule has 1 heterocycles. The van der Waals surface area contributed by atoms with Crippen LogP contribution in [0, 0.1) is 0 Å². The normalized spacial score (nSPS) is 10.4. The molecular weight excluding hydrogens is 340 g/mol. The molecule has 2 N–H and O–H groups in total. The molecule has 1 aromatic heterocycles. The quantitative estimate of drug-likeness (QED) is 0.637. The van der Waals surface area contributed by atoms with E-state index in [1.165, 1.54) is 11.3 Å². The summed E-state index contributed by atoms with van der Waals surface area (Å²) in [5.41, 5.74) is 1.51.